The SMILES string of the molecule is CC1=NN(c2ccc(C(=O)NCCNC(=O)c3ccc(Cl)c(Cl)c3)cc2)CC1. The van der Waals surface area contributed by atoms with Crippen LogP contribution in [0.1, 0.15) is 34.1 Å². The molecule has 1 heterocycles. The van der Waals surface area contributed by atoms with Crippen molar-refractivity contribution in [1.29, 1.82) is 0 Å². The van der Waals surface area contributed by atoms with Gasteiger partial charge in [-0.1, -0.05) is 23.2 Å². The van der Waals surface area contributed by atoms with E-state index in [1.807, 2.05) is 24.1 Å². The summed E-state index contributed by atoms with van der Waals surface area (Å²) < 4.78 is 0. The summed E-state index contributed by atoms with van der Waals surface area (Å²) in [6.45, 7) is 3.46. The highest BCUT2D eigenvalue weighted by molar-refractivity contribution is 6.42. The van der Waals surface area contributed by atoms with Crippen molar-refractivity contribution in [2.75, 3.05) is 24.6 Å². The minimum Gasteiger partial charge on any atom is -0.350 e. The number of hydrogen-bond acceptors (Lipinski definition) is 4. The molecule has 8 heteroatoms. The first-order valence-electron chi connectivity index (χ1n) is 8.87. The molecular formula is C20H20Cl2N4O2. The van der Waals surface area contributed by atoms with Gasteiger partial charge in [0.25, 0.3) is 11.8 Å². The molecule has 2 aromatic rings. The topological polar surface area (TPSA) is 73.8 Å². The monoisotopic (exact) mass is 418 g/mol. The average molecular weight is 419 g/mol. The Labute approximate surface area is 173 Å². The van der Waals surface area contributed by atoms with Gasteiger partial charge in [-0.25, -0.2) is 0 Å². The van der Waals surface area contributed by atoms with Crippen LogP contribution in [-0.2, 0) is 0 Å². The molecule has 2 amide bonds. The molecule has 1 aliphatic heterocycles. The molecule has 3 rings (SSSR count). The Balaban J connectivity index is 1.45. The Morgan fingerprint density at radius 3 is 2.14 bits per heavy atom. The summed E-state index contributed by atoms with van der Waals surface area (Å²) in [4.78, 5) is 24.3. The molecule has 0 aromatic heterocycles. The third kappa shape index (κ3) is 5.03. The van der Waals surface area contributed by atoms with Crippen LogP contribution in [0.3, 0.4) is 0 Å². The number of rotatable bonds is 6. The van der Waals surface area contributed by atoms with E-state index < -0.39 is 0 Å². The molecule has 1 aliphatic rings. The molecular weight excluding hydrogens is 399 g/mol. The van der Waals surface area contributed by atoms with E-state index in [0.717, 1.165) is 24.4 Å². The van der Waals surface area contributed by atoms with Crippen LogP contribution in [0, 0.1) is 0 Å². The summed E-state index contributed by atoms with van der Waals surface area (Å²) in [5.74, 6) is -0.477. The Morgan fingerprint density at radius 2 is 1.57 bits per heavy atom. The second-order valence-electron chi connectivity index (χ2n) is 6.40. The van der Waals surface area contributed by atoms with Gasteiger partial charge in [-0.15, -0.1) is 0 Å². The molecule has 0 saturated carbocycles. The van der Waals surface area contributed by atoms with Crippen molar-refractivity contribution >= 4 is 46.4 Å². The molecule has 0 saturated heterocycles. The predicted molar refractivity (Wildman–Crippen MR) is 113 cm³/mol. The first kappa shape index (κ1) is 20.2. The summed E-state index contributed by atoms with van der Waals surface area (Å²) in [6.07, 6.45) is 0.955. The van der Waals surface area contributed by atoms with E-state index in [0.29, 0.717) is 34.3 Å². The highest BCUT2D eigenvalue weighted by Crippen LogP contribution is 2.22. The molecule has 2 N–H and O–H groups in total. The summed E-state index contributed by atoms with van der Waals surface area (Å²) in [5, 5.41) is 12.6. The zero-order valence-corrected chi connectivity index (χ0v) is 16.8. The van der Waals surface area contributed by atoms with E-state index in [9.17, 15) is 9.59 Å². The van der Waals surface area contributed by atoms with Crippen LogP contribution >= 0.6 is 23.2 Å². The molecule has 6 nitrogen and oxygen atoms in total. The lowest BCUT2D eigenvalue weighted by Gasteiger charge is -2.14. The molecule has 0 aliphatic carbocycles. The van der Waals surface area contributed by atoms with Crippen molar-refractivity contribution in [3.8, 4) is 0 Å². The Hall–Kier alpha value is -2.57. The fourth-order valence-electron chi connectivity index (χ4n) is 2.74. The Morgan fingerprint density at radius 1 is 0.964 bits per heavy atom. The normalized spacial score (nSPS) is 13.2. The molecule has 146 valence electrons. The number of amides is 2. The molecule has 0 bridgehead atoms. The van der Waals surface area contributed by atoms with Crippen molar-refractivity contribution in [2.45, 2.75) is 13.3 Å². The maximum absolute atomic E-state index is 12.2. The lowest BCUT2D eigenvalue weighted by Crippen LogP contribution is -2.34. The fourth-order valence-corrected chi connectivity index (χ4v) is 3.04. The van der Waals surface area contributed by atoms with Crippen LogP contribution in [0.4, 0.5) is 5.69 Å². The van der Waals surface area contributed by atoms with Gasteiger partial charge in [0.15, 0.2) is 0 Å². The summed E-state index contributed by atoms with van der Waals surface area (Å²) in [7, 11) is 0. The summed E-state index contributed by atoms with van der Waals surface area (Å²) in [6, 6.07) is 12.0. The zero-order chi connectivity index (χ0) is 20.1. The number of carbonyl (C=O) groups excluding carboxylic acids is 2. The quantitative estimate of drug-likeness (QED) is 0.701. The molecule has 0 fully saturated rings. The van der Waals surface area contributed by atoms with Gasteiger partial charge in [-0.05, 0) is 49.4 Å². The van der Waals surface area contributed by atoms with E-state index >= 15 is 0 Å². The molecule has 0 spiro atoms. The minimum atomic E-state index is -0.279. The van der Waals surface area contributed by atoms with Crippen LogP contribution in [-0.4, -0.2) is 37.2 Å². The number of carbonyl (C=O) groups is 2. The number of halogens is 2. The van der Waals surface area contributed by atoms with Crippen molar-refractivity contribution < 1.29 is 9.59 Å². The van der Waals surface area contributed by atoms with E-state index in [2.05, 4.69) is 15.7 Å². The zero-order valence-electron chi connectivity index (χ0n) is 15.3. The van der Waals surface area contributed by atoms with Gasteiger partial charge in [-0.2, -0.15) is 5.10 Å². The minimum absolute atomic E-state index is 0.198. The summed E-state index contributed by atoms with van der Waals surface area (Å²) >= 11 is 11.7. The van der Waals surface area contributed by atoms with Gasteiger partial charge in [0.2, 0.25) is 0 Å². The second kappa shape index (κ2) is 9.08. The van der Waals surface area contributed by atoms with Crippen LogP contribution in [0.5, 0.6) is 0 Å². The Kier molecular flexibility index (Phi) is 6.54. The van der Waals surface area contributed by atoms with Crippen molar-refractivity contribution in [1.82, 2.24) is 10.6 Å². The number of hydrazone groups is 1. The first-order valence-corrected chi connectivity index (χ1v) is 9.63. The maximum Gasteiger partial charge on any atom is 0.251 e. The third-order valence-corrected chi connectivity index (χ3v) is 5.02. The molecule has 2 aromatic carbocycles. The third-order valence-electron chi connectivity index (χ3n) is 4.28. The van der Waals surface area contributed by atoms with E-state index in [4.69, 9.17) is 23.2 Å². The van der Waals surface area contributed by atoms with Crippen LogP contribution in [0.15, 0.2) is 47.6 Å². The van der Waals surface area contributed by atoms with Gasteiger partial charge in [0.05, 0.1) is 15.7 Å². The molecule has 0 unspecified atom stereocenters. The van der Waals surface area contributed by atoms with Crippen molar-refractivity contribution in [3.63, 3.8) is 0 Å². The van der Waals surface area contributed by atoms with Crippen LogP contribution in [0.25, 0.3) is 0 Å². The van der Waals surface area contributed by atoms with Gasteiger partial charge in [0, 0.05) is 42.9 Å². The van der Waals surface area contributed by atoms with Gasteiger partial charge < -0.3 is 10.6 Å². The van der Waals surface area contributed by atoms with Crippen molar-refractivity contribution in [3.05, 3.63) is 63.6 Å². The van der Waals surface area contributed by atoms with Crippen LogP contribution in [0.2, 0.25) is 10.0 Å². The fraction of sp³-hybridized carbons (Fsp3) is 0.250. The van der Waals surface area contributed by atoms with E-state index in [1.54, 1.807) is 24.3 Å². The number of nitrogens with zero attached hydrogens (tertiary/aromatic N) is 2. The summed E-state index contributed by atoms with van der Waals surface area (Å²) in [5.41, 5.74) is 3.03. The van der Waals surface area contributed by atoms with E-state index in [1.165, 1.54) is 6.07 Å². The number of benzene rings is 2. The number of nitrogens with one attached hydrogen (secondary N) is 2. The number of hydrogen-bond donors (Lipinski definition) is 2. The number of anilines is 1. The highest BCUT2D eigenvalue weighted by Gasteiger charge is 2.13. The van der Waals surface area contributed by atoms with Gasteiger partial charge >= 0.3 is 0 Å². The standard InChI is InChI=1S/C20H20Cl2N4O2/c1-13-8-11-26(25-13)16-5-2-14(3-6-16)19(27)23-9-10-24-20(28)15-4-7-17(21)18(22)12-15/h2-7,12H,8-11H2,1H3,(H,23,27)(H,24,28). The van der Waals surface area contributed by atoms with Gasteiger partial charge in [0.1, 0.15) is 0 Å². The molecule has 28 heavy (non-hydrogen) atoms. The lowest BCUT2D eigenvalue weighted by atomic mass is 10.2. The first-order chi connectivity index (χ1) is 13.4. The largest absolute Gasteiger partial charge is 0.350 e. The maximum atomic E-state index is 12.2. The van der Waals surface area contributed by atoms with Crippen molar-refractivity contribution in [2.24, 2.45) is 5.10 Å². The van der Waals surface area contributed by atoms with Gasteiger partial charge in [-0.3, -0.25) is 14.6 Å². The van der Waals surface area contributed by atoms with Crippen LogP contribution < -0.4 is 15.6 Å². The smallest absolute Gasteiger partial charge is 0.251 e. The van der Waals surface area contributed by atoms with E-state index in [-0.39, 0.29) is 11.8 Å². The predicted octanol–water partition coefficient (Wildman–Crippen LogP) is 3.74. The molecule has 0 atom stereocenters. The lowest BCUT2D eigenvalue weighted by molar-refractivity contribution is 0.0927. The molecule has 0 radical (unpaired) electrons. The second-order valence-corrected chi connectivity index (χ2v) is 7.21. The highest BCUT2D eigenvalue weighted by atomic mass is 35.5. The Bertz CT molecular complexity index is 913. The average Bonchev–Trinajstić information content (AvgIpc) is 3.13.